The van der Waals surface area contributed by atoms with Gasteiger partial charge in [-0.2, -0.15) is 0 Å². The van der Waals surface area contributed by atoms with E-state index in [-0.39, 0.29) is 5.57 Å². The van der Waals surface area contributed by atoms with E-state index in [9.17, 15) is 9.90 Å². The van der Waals surface area contributed by atoms with Crippen molar-refractivity contribution in [3.05, 3.63) is 59.2 Å². The summed E-state index contributed by atoms with van der Waals surface area (Å²) in [7, 11) is 3.06. The fourth-order valence-corrected chi connectivity index (χ4v) is 2.30. The van der Waals surface area contributed by atoms with E-state index in [4.69, 9.17) is 9.47 Å². The van der Waals surface area contributed by atoms with E-state index in [0.717, 1.165) is 12.0 Å². The Kier molecular flexibility index (Phi) is 5.41. The van der Waals surface area contributed by atoms with Crippen molar-refractivity contribution >= 4 is 17.6 Å². The lowest BCUT2D eigenvalue weighted by Gasteiger charge is -2.11. The normalized spacial score (nSPS) is 11.2. The van der Waals surface area contributed by atoms with Gasteiger partial charge in [0.15, 0.2) is 0 Å². The molecule has 0 bridgehead atoms. The summed E-state index contributed by atoms with van der Waals surface area (Å²) >= 11 is 0. The Morgan fingerprint density at radius 1 is 1.09 bits per heavy atom. The summed E-state index contributed by atoms with van der Waals surface area (Å²) < 4.78 is 10.5. The first kappa shape index (κ1) is 16.6. The number of ether oxygens (including phenoxy) is 2. The third-order valence-electron chi connectivity index (χ3n) is 3.63. The molecule has 0 atom stereocenters. The minimum atomic E-state index is -1.02. The minimum absolute atomic E-state index is 0.157. The van der Waals surface area contributed by atoms with Crippen molar-refractivity contribution in [3.63, 3.8) is 0 Å². The molecule has 0 heterocycles. The van der Waals surface area contributed by atoms with Crippen molar-refractivity contribution in [2.24, 2.45) is 0 Å². The highest BCUT2D eigenvalue weighted by Crippen LogP contribution is 2.31. The Morgan fingerprint density at radius 3 is 2.30 bits per heavy atom. The van der Waals surface area contributed by atoms with Crippen molar-refractivity contribution in [3.8, 4) is 11.5 Å². The van der Waals surface area contributed by atoms with E-state index in [2.05, 4.69) is 6.92 Å². The second-order valence-corrected chi connectivity index (χ2v) is 5.02. The second kappa shape index (κ2) is 7.49. The summed E-state index contributed by atoms with van der Waals surface area (Å²) in [5.74, 6) is 0.0510. The monoisotopic (exact) mass is 312 g/mol. The number of carbonyl (C=O) groups is 1. The molecule has 4 heteroatoms. The molecular formula is C19H20O4. The van der Waals surface area contributed by atoms with Gasteiger partial charge in [-0.15, -0.1) is 0 Å². The molecule has 0 aliphatic carbocycles. The van der Waals surface area contributed by atoms with E-state index in [0.29, 0.717) is 17.1 Å². The van der Waals surface area contributed by atoms with Crippen LogP contribution in [0.25, 0.3) is 11.6 Å². The minimum Gasteiger partial charge on any atom is -0.497 e. The van der Waals surface area contributed by atoms with Gasteiger partial charge in [-0.3, -0.25) is 0 Å². The van der Waals surface area contributed by atoms with Gasteiger partial charge in [-0.1, -0.05) is 31.2 Å². The maximum atomic E-state index is 11.7. The van der Waals surface area contributed by atoms with Crippen LogP contribution in [-0.2, 0) is 11.2 Å². The lowest BCUT2D eigenvalue weighted by atomic mass is 10.0. The van der Waals surface area contributed by atoms with E-state index < -0.39 is 5.97 Å². The van der Waals surface area contributed by atoms with E-state index in [1.165, 1.54) is 12.7 Å². The number of rotatable bonds is 6. The van der Waals surface area contributed by atoms with Crippen LogP contribution in [0.15, 0.2) is 42.5 Å². The average molecular weight is 312 g/mol. The van der Waals surface area contributed by atoms with Crippen LogP contribution < -0.4 is 9.47 Å². The maximum Gasteiger partial charge on any atom is 0.336 e. The van der Waals surface area contributed by atoms with Crippen molar-refractivity contribution in [2.45, 2.75) is 13.3 Å². The Balaban J connectivity index is 2.53. The molecule has 0 amide bonds. The zero-order chi connectivity index (χ0) is 16.8. The van der Waals surface area contributed by atoms with Crippen molar-refractivity contribution in [1.29, 1.82) is 0 Å². The molecule has 0 aromatic heterocycles. The second-order valence-electron chi connectivity index (χ2n) is 5.02. The van der Waals surface area contributed by atoms with Gasteiger partial charge in [-0.05, 0) is 41.8 Å². The fourth-order valence-electron chi connectivity index (χ4n) is 2.30. The summed E-state index contributed by atoms with van der Waals surface area (Å²) in [5, 5.41) is 9.61. The third-order valence-corrected chi connectivity index (χ3v) is 3.63. The summed E-state index contributed by atoms with van der Waals surface area (Å²) in [4.78, 5) is 11.7. The van der Waals surface area contributed by atoms with Crippen molar-refractivity contribution in [1.82, 2.24) is 0 Å². The topological polar surface area (TPSA) is 55.8 Å². The van der Waals surface area contributed by atoms with Gasteiger partial charge in [0.25, 0.3) is 0 Å². The van der Waals surface area contributed by atoms with Gasteiger partial charge in [0.2, 0.25) is 0 Å². The molecule has 0 aliphatic heterocycles. The van der Waals surface area contributed by atoms with Gasteiger partial charge in [0.05, 0.1) is 19.8 Å². The maximum absolute atomic E-state index is 11.7. The lowest BCUT2D eigenvalue weighted by molar-refractivity contribution is -0.130. The molecule has 120 valence electrons. The van der Waals surface area contributed by atoms with Gasteiger partial charge in [-0.25, -0.2) is 4.79 Å². The number of carboxylic acid groups (broad SMARTS) is 1. The number of aliphatic carboxylic acids is 1. The molecule has 0 unspecified atom stereocenters. The molecule has 0 saturated heterocycles. The molecule has 2 aromatic carbocycles. The number of methoxy groups -OCH3 is 2. The predicted octanol–water partition coefficient (Wildman–Crippen LogP) is 3.89. The number of hydrogen-bond acceptors (Lipinski definition) is 3. The average Bonchev–Trinajstić information content (AvgIpc) is 2.59. The van der Waals surface area contributed by atoms with Gasteiger partial charge in [0, 0.05) is 5.56 Å². The lowest BCUT2D eigenvalue weighted by Crippen LogP contribution is -2.02. The first-order chi connectivity index (χ1) is 11.1. The van der Waals surface area contributed by atoms with Crippen LogP contribution in [0.5, 0.6) is 11.5 Å². The van der Waals surface area contributed by atoms with Crippen LogP contribution in [0, 0.1) is 0 Å². The molecule has 2 rings (SSSR count). The molecule has 0 saturated carbocycles. The largest absolute Gasteiger partial charge is 0.497 e. The first-order valence-electron chi connectivity index (χ1n) is 7.35. The number of benzene rings is 2. The number of hydrogen-bond donors (Lipinski definition) is 1. The number of carboxylic acids is 1. The predicted molar refractivity (Wildman–Crippen MR) is 90.9 cm³/mol. The standard InChI is InChI=1S/C19H20O4/c1-4-13-5-7-14(8-6-13)11-17(19(20)21)16-12-15(22-2)9-10-18(16)23-3/h5-12H,4H2,1-3H3,(H,20,21)/b17-11-. The smallest absolute Gasteiger partial charge is 0.336 e. The summed E-state index contributed by atoms with van der Waals surface area (Å²) in [6.07, 6.45) is 2.58. The summed E-state index contributed by atoms with van der Waals surface area (Å²) in [5.41, 5.74) is 2.67. The molecule has 0 aliphatic rings. The molecule has 23 heavy (non-hydrogen) atoms. The van der Waals surface area contributed by atoms with Gasteiger partial charge < -0.3 is 14.6 Å². The zero-order valence-electron chi connectivity index (χ0n) is 13.5. The Bertz CT molecular complexity index is 715. The van der Waals surface area contributed by atoms with E-state index >= 15 is 0 Å². The van der Waals surface area contributed by atoms with Gasteiger partial charge >= 0.3 is 5.97 Å². The Labute approximate surface area is 136 Å². The van der Waals surface area contributed by atoms with Crippen molar-refractivity contribution in [2.75, 3.05) is 14.2 Å². The Hall–Kier alpha value is -2.75. The first-order valence-corrected chi connectivity index (χ1v) is 7.35. The van der Waals surface area contributed by atoms with Crippen LogP contribution in [-0.4, -0.2) is 25.3 Å². The molecular weight excluding hydrogens is 292 g/mol. The SMILES string of the molecule is CCc1ccc(/C=C(\C(=O)O)c2cc(OC)ccc2OC)cc1. The molecule has 0 fully saturated rings. The van der Waals surface area contributed by atoms with Crippen LogP contribution >= 0.6 is 0 Å². The summed E-state index contributed by atoms with van der Waals surface area (Å²) in [6.45, 7) is 2.08. The highest BCUT2D eigenvalue weighted by Gasteiger charge is 2.16. The van der Waals surface area contributed by atoms with Crippen molar-refractivity contribution < 1.29 is 19.4 Å². The van der Waals surface area contributed by atoms with E-state index in [1.807, 2.05) is 24.3 Å². The molecule has 1 N–H and O–H groups in total. The molecule has 0 spiro atoms. The van der Waals surface area contributed by atoms with Crippen LogP contribution in [0.1, 0.15) is 23.6 Å². The molecule has 4 nitrogen and oxygen atoms in total. The quantitative estimate of drug-likeness (QED) is 0.649. The third kappa shape index (κ3) is 3.92. The summed E-state index contributed by atoms with van der Waals surface area (Å²) in [6, 6.07) is 12.9. The zero-order valence-corrected chi connectivity index (χ0v) is 13.5. The Morgan fingerprint density at radius 2 is 1.78 bits per heavy atom. The van der Waals surface area contributed by atoms with Gasteiger partial charge in [0.1, 0.15) is 11.5 Å². The highest BCUT2D eigenvalue weighted by molar-refractivity contribution is 6.21. The number of aryl methyl sites for hydroxylation is 1. The molecule has 0 radical (unpaired) electrons. The fraction of sp³-hybridized carbons (Fsp3) is 0.211. The highest BCUT2D eigenvalue weighted by atomic mass is 16.5. The van der Waals surface area contributed by atoms with Crippen LogP contribution in [0.2, 0.25) is 0 Å². The molecule has 2 aromatic rings. The van der Waals surface area contributed by atoms with Crippen LogP contribution in [0.3, 0.4) is 0 Å². The van der Waals surface area contributed by atoms with E-state index in [1.54, 1.807) is 31.4 Å². The van der Waals surface area contributed by atoms with Crippen LogP contribution in [0.4, 0.5) is 0 Å².